The summed E-state index contributed by atoms with van der Waals surface area (Å²) in [4.78, 5) is 43.8. The first-order chi connectivity index (χ1) is 35.0. The third-order valence-corrected chi connectivity index (χ3v) is 18.2. The average molecular weight is 1000 g/mol. The van der Waals surface area contributed by atoms with E-state index in [9.17, 15) is 23.3 Å². The number of morpholine rings is 2. The van der Waals surface area contributed by atoms with E-state index in [2.05, 4.69) is 65.8 Å². The van der Waals surface area contributed by atoms with Crippen molar-refractivity contribution in [2.75, 3.05) is 87.5 Å². The van der Waals surface area contributed by atoms with Crippen LogP contribution in [-0.2, 0) is 24.2 Å². The predicted molar refractivity (Wildman–Crippen MR) is 267 cm³/mol. The Balaban J connectivity index is 0.789. The molecule has 2 aromatic heterocycles. The van der Waals surface area contributed by atoms with Crippen LogP contribution in [0.3, 0.4) is 0 Å². The maximum atomic E-state index is 14.8. The molecule has 3 N–H and O–H groups in total. The van der Waals surface area contributed by atoms with Crippen molar-refractivity contribution in [1.29, 1.82) is 0 Å². The van der Waals surface area contributed by atoms with Crippen molar-refractivity contribution in [1.82, 2.24) is 24.5 Å². The number of carbonyl (C=O) groups excluding carboxylic acids is 1. The Morgan fingerprint density at radius 1 is 0.958 bits per heavy atom. The van der Waals surface area contributed by atoms with Crippen LogP contribution in [0.15, 0.2) is 77.8 Å². The number of aromatic amines is 1. The number of hydrogen-bond donors (Lipinski definition) is 3. The van der Waals surface area contributed by atoms with Gasteiger partial charge in [-0.15, -0.1) is 0 Å². The van der Waals surface area contributed by atoms with Crippen LogP contribution in [0.5, 0.6) is 11.6 Å². The van der Waals surface area contributed by atoms with Crippen LogP contribution in [0.1, 0.15) is 66.1 Å². The molecule has 1 spiro atoms. The quantitative estimate of drug-likeness (QED) is 0.108. The standard InChI is InChI=1S/C52H59N9O10S/c1-31-4-2-3-5-39(31)45-29-68-17-15-59(45)36-23-52(24-36)10-13-57(14-11-52)34-6-7-40(42(20-34)60-41-9-16-67-30-47(41)71-51-44(60)18-32-8-12-53-49(32)55-51)50(62)56-72(65,66)38-21-43(61(63)64)48-46(22-38)70-27-33(54-48)25-58-26-37-19-35(58)28-69-37/h2-8,12,18,20-22,33,35-37,41,45,47,54H,9-11,13-17,19,23-30H2,1H3,(H,53,55)(H,56,62)/t33-,35+,37+,41-,45-,47-/m0/s1. The van der Waals surface area contributed by atoms with Gasteiger partial charge in [0.25, 0.3) is 21.6 Å². The number of nitro groups is 1. The molecule has 6 atom stereocenters. The number of H-pyrrole nitrogens is 1. The number of sulfonamides is 1. The normalized spacial score (nSPS) is 27.0. The van der Waals surface area contributed by atoms with E-state index < -0.39 is 37.5 Å². The number of piperidine rings is 1. The summed E-state index contributed by atoms with van der Waals surface area (Å²) in [5, 5.41) is 16.7. The molecule has 0 unspecified atom stereocenters. The van der Waals surface area contributed by atoms with Crippen LogP contribution < -0.4 is 29.3 Å². The van der Waals surface area contributed by atoms with Gasteiger partial charge in [0, 0.05) is 80.8 Å². The number of pyridine rings is 1. The summed E-state index contributed by atoms with van der Waals surface area (Å²) in [5.41, 5.74) is 5.32. The second kappa shape index (κ2) is 17.9. The molecule has 1 saturated carbocycles. The van der Waals surface area contributed by atoms with E-state index in [0.29, 0.717) is 74.4 Å². The number of hydrogen-bond acceptors (Lipinski definition) is 16. The van der Waals surface area contributed by atoms with E-state index >= 15 is 0 Å². The molecule has 5 aromatic rings. The number of carbonyl (C=O) groups is 1. The summed E-state index contributed by atoms with van der Waals surface area (Å²) in [6.07, 6.45) is 7.43. The molecule has 1 amide bonds. The molecule has 3 aromatic carbocycles. The molecule has 378 valence electrons. The molecule has 5 saturated heterocycles. The lowest BCUT2D eigenvalue weighted by Crippen LogP contribution is -2.58. The van der Waals surface area contributed by atoms with E-state index in [1.165, 1.54) is 17.2 Å². The van der Waals surface area contributed by atoms with Gasteiger partial charge in [-0.25, -0.2) is 13.1 Å². The van der Waals surface area contributed by atoms with Gasteiger partial charge in [0.05, 0.1) is 71.7 Å². The van der Waals surface area contributed by atoms with Crippen molar-refractivity contribution in [3.63, 3.8) is 0 Å². The van der Waals surface area contributed by atoms with Gasteiger partial charge in [0.15, 0.2) is 11.4 Å². The zero-order valence-corrected chi connectivity index (χ0v) is 41.0. The SMILES string of the molecule is Cc1ccccc1[C@@H]1COCCN1C1CC2(CCN(c3ccc(C(=O)NS(=O)(=O)c4cc5c(c([N+](=O)[O-])c4)N[C@@H](CN4C[C@H]6C[C@@H]4CO6)CO5)c(N4c5cc6cc[nH]c6nc5O[C@H]5COCC[C@@H]54)c3)CC2)C1. The highest BCUT2D eigenvalue weighted by atomic mass is 32.2. The molecule has 72 heavy (non-hydrogen) atoms. The Morgan fingerprint density at radius 2 is 1.81 bits per heavy atom. The van der Waals surface area contributed by atoms with Crippen molar-refractivity contribution >= 4 is 55.4 Å². The lowest BCUT2D eigenvalue weighted by Gasteiger charge is -2.57. The lowest BCUT2D eigenvalue weighted by molar-refractivity contribution is -0.384. The summed E-state index contributed by atoms with van der Waals surface area (Å²) in [6, 6.07) is 20.9. The van der Waals surface area contributed by atoms with Crippen molar-refractivity contribution in [3.05, 3.63) is 99.7 Å². The van der Waals surface area contributed by atoms with Crippen LogP contribution in [0, 0.1) is 22.5 Å². The van der Waals surface area contributed by atoms with Gasteiger partial charge < -0.3 is 43.8 Å². The molecule has 1 aliphatic carbocycles. The number of aryl methyl sites for hydroxylation is 1. The number of benzene rings is 3. The number of anilines is 4. The Bertz CT molecular complexity index is 3060. The van der Waals surface area contributed by atoms with Crippen LogP contribution in [0.25, 0.3) is 11.0 Å². The minimum absolute atomic E-state index is 0.0249. The van der Waals surface area contributed by atoms with Crippen LogP contribution in [-0.4, -0.2) is 148 Å². The number of ether oxygens (including phenoxy) is 5. The molecule has 7 aliphatic heterocycles. The number of rotatable bonds is 10. The molecule has 19 nitrogen and oxygen atoms in total. The zero-order valence-electron chi connectivity index (χ0n) is 40.2. The van der Waals surface area contributed by atoms with Gasteiger partial charge in [-0.05, 0) is 92.3 Å². The number of likely N-dealkylation sites (tertiary alicyclic amines) is 1. The Hall–Kier alpha value is -6.03. The summed E-state index contributed by atoms with van der Waals surface area (Å²) in [7, 11) is -4.70. The van der Waals surface area contributed by atoms with E-state index in [0.717, 1.165) is 82.0 Å². The first-order valence-electron chi connectivity index (χ1n) is 25.4. The maximum absolute atomic E-state index is 14.8. The summed E-state index contributed by atoms with van der Waals surface area (Å²) >= 11 is 0. The predicted octanol–water partition coefficient (Wildman–Crippen LogP) is 6.05. The highest BCUT2D eigenvalue weighted by Gasteiger charge is 2.50. The topological polar surface area (TPSA) is 206 Å². The molecule has 13 rings (SSSR count). The zero-order chi connectivity index (χ0) is 48.9. The molecule has 6 fully saturated rings. The van der Waals surface area contributed by atoms with Gasteiger partial charge in [0.2, 0.25) is 5.88 Å². The summed E-state index contributed by atoms with van der Waals surface area (Å²) in [6.45, 7) is 9.18. The van der Waals surface area contributed by atoms with Crippen LogP contribution in [0.2, 0.25) is 0 Å². The van der Waals surface area contributed by atoms with Gasteiger partial charge in [-0.2, -0.15) is 4.98 Å². The van der Waals surface area contributed by atoms with Crippen molar-refractivity contribution in [2.24, 2.45) is 5.41 Å². The highest BCUT2D eigenvalue weighted by Crippen LogP contribution is 2.54. The lowest BCUT2D eigenvalue weighted by atomic mass is 9.59. The molecule has 8 aliphatic rings. The van der Waals surface area contributed by atoms with Crippen molar-refractivity contribution in [2.45, 2.75) is 92.8 Å². The molecule has 9 heterocycles. The fourth-order valence-corrected chi connectivity index (χ4v) is 14.1. The average Bonchev–Trinajstić information content (AvgIpc) is 4.15. The van der Waals surface area contributed by atoms with Crippen molar-refractivity contribution in [3.8, 4) is 11.6 Å². The fraction of sp³-hybridized carbons (Fsp3) is 0.500. The number of nitrogens with one attached hydrogen (secondary N) is 3. The molecule has 0 radical (unpaired) electrons. The largest absolute Gasteiger partial charge is 0.489 e. The van der Waals surface area contributed by atoms with Gasteiger partial charge in [-0.3, -0.25) is 24.7 Å². The number of nitrogens with zero attached hydrogens (tertiary/aromatic N) is 6. The monoisotopic (exact) mass is 1000 g/mol. The minimum Gasteiger partial charge on any atom is -0.489 e. The second-order valence-corrected chi connectivity index (χ2v) is 22.8. The first kappa shape index (κ1) is 45.8. The molecular weight excluding hydrogens is 943 g/mol. The van der Waals surface area contributed by atoms with Gasteiger partial charge in [-0.1, -0.05) is 24.3 Å². The van der Waals surface area contributed by atoms with E-state index in [1.807, 2.05) is 30.5 Å². The maximum Gasteiger partial charge on any atom is 0.297 e. The van der Waals surface area contributed by atoms with Crippen molar-refractivity contribution < 1.29 is 41.8 Å². The van der Waals surface area contributed by atoms with E-state index in [4.69, 9.17) is 28.7 Å². The van der Waals surface area contributed by atoms with Crippen LogP contribution in [0.4, 0.5) is 28.4 Å². The number of amides is 1. The molecule has 20 heteroatoms. The summed E-state index contributed by atoms with van der Waals surface area (Å²) < 4.78 is 61.3. The minimum atomic E-state index is -4.70. The smallest absolute Gasteiger partial charge is 0.297 e. The second-order valence-electron chi connectivity index (χ2n) is 21.1. The third kappa shape index (κ3) is 8.10. The fourth-order valence-electron chi connectivity index (χ4n) is 13.1. The van der Waals surface area contributed by atoms with E-state index in [1.54, 1.807) is 6.07 Å². The number of nitro benzene ring substituents is 1. The summed E-state index contributed by atoms with van der Waals surface area (Å²) in [5.74, 6) is -0.501. The third-order valence-electron chi connectivity index (χ3n) is 16.8. The highest BCUT2D eigenvalue weighted by molar-refractivity contribution is 7.90. The number of fused-ring (bicyclic) bond motifs is 6. The first-order valence-corrected chi connectivity index (χ1v) is 26.9. The Morgan fingerprint density at radius 3 is 2.61 bits per heavy atom. The molecule has 2 bridgehead atoms. The Labute approximate surface area is 417 Å². The Kier molecular flexibility index (Phi) is 11.4. The van der Waals surface area contributed by atoms with E-state index in [-0.39, 0.29) is 53.3 Å². The number of aromatic nitrogens is 2. The molecular formula is C52H59N9O10S. The van der Waals surface area contributed by atoms with Gasteiger partial charge in [0.1, 0.15) is 24.0 Å². The van der Waals surface area contributed by atoms with Crippen LogP contribution >= 0.6 is 0 Å². The van der Waals surface area contributed by atoms with Gasteiger partial charge >= 0.3 is 0 Å².